The van der Waals surface area contributed by atoms with Crippen LogP contribution < -0.4 is 11.1 Å². The Labute approximate surface area is 225 Å². The minimum absolute atomic E-state index is 0.0251. The van der Waals surface area contributed by atoms with Crippen molar-refractivity contribution in [1.82, 2.24) is 15.1 Å². The van der Waals surface area contributed by atoms with Crippen LogP contribution in [0.15, 0.2) is 54.6 Å². The van der Waals surface area contributed by atoms with Gasteiger partial charge in [0.1, 0.15) is 6.04 Å². The number of benzene rings is 2. The van der Waals surface area contributed by atoms with Crippen LogP contribution in [-0.2, 0) is 27.2 Å². The number of nitrogens with two attached hydrogens (primary N) is 1. The Kier molecular flexibility index (Phi) is 7.07. The van der Waals surface area contributed by atoms with E-state index in [0.29, 0.717) is 26.1 Å². The Hall–Kier alpha value is -3.19. The maximum absolute atomic E-state index is 14.1. The molecule has 0 radical (unpaired) electrons. The summed E-state index contributed by atoms with van der Waals surface area (Å²) >= 11 is 0. The second-order valence-corrected chi connectivity index (χ2v) is 12.2. The van der Waals surface area contributed by atoms with E-state index in [1.807, 2.05) is 35.0 Å². The average Bonchev–Trinajstić information content (AvgIpc) is 3.42. The number of rotatable bonds is 6. The van der Waals surface area contributed by atoms with E-state index in [9.17, 15) is 14.4 Å². The first-order valence-corrected chi connectivity index (χ1v) is 13.8. The lowest BCUT2D eigenvalue weighted by atomic mass is 9.69. The summed E-state index contributed by atoms with van der Waals surface area (Å²) in [6.07, 6.45) is 3.85. The first kappa shape index (κ1) is 26.4. The molecule has 3 N–H and O–H groups in total. The quantitative estimate of drug-likeness (QED) is 0.617. The third-order valence-electron chi connectivity index (χ3n) is 8.83. The van der Waals surface area contributed by atoms with Crippen molar-refractivity contribution in [3.05, 3.63) is 71.3 Å². The fourth-order valence-corrected chi connectivity index (χ4v) is 6.84. The number of nitrogens with one attached hydrogen (secondary N) is 1. The molecule has 2 aliphatic heterocycles. The van der Waals surface area contributed by atoms with Gasteiger partial charge in [-0.05, 0) is 68.6 Å². The zero-order valence-electron chi connectivity index (χ0n) is 22.8. The predicted octanol–water partition coefficient (Wildman–Crippen LogP) is 2.88. The van der Waals surface area contributed by atoms with Crippen molar-refractivity contribution in [3.8, 4) is 0 Å². The molecule has 1 aliphatic carbocycles. The zero-order chi connectivity index (χ0) is 27.1. The van der Waals surface area contributed by atoms with Crippen LogP contribution in [0.25, 0.3) is 0 Å². The largest absolute Gasteiger partial charge is 0.345 e. The fraction of sp³-hybridized carbons (Fsp3) is 0.516. The summed E-state index contributed by atoms with van der Waals surface area (Å²) in [6.45, 7) is 4.91. The Bertz CT molecular complexity index is 1180. The monoisotopic (exact) mass is 516 g/mol. The number of nitrogens with zero attached hydrogens (tertiary/aromatic N) is 2. The Morgan fingerprint density at radius 1 is 1.08 bits per heavy atom. The Balaban J connectivity index is 1.39. The molecule has 3 atom stereocenters. The predicted molar refractivity (Wildman–Crippen MR) is 147 cm³/mol. The van der Waals surface area contributed by atoms with Crippen molar-refractivity contribution in [2.45, 2.75) is 63.5 Å². The van der Waals surface area contributed by atoms with E-state index in [2.05, 4.69) is 41.7 Å². The number of piperidine rings is 1. The molecule has 2 heterocycles. The van der Waals surface area contributed by atoms with Gasteiger partial charge in [-0.3, -0.25) is 14.4 Å². The first-order valence-electron chi connectivity index (χ1n) is 13.8. The standard InChI is InChI=1S/C31H40N4O3/c1-30(2,32)28(37)33-26(18-21-16-23-12-7-8-13-24(23)17-21)27(36)35-15-9-14-31(20-35)25(19-34(3)29(31)38)22-10-5-4-6-11-22/h4-8,10-13,21,25-26H,9,14-20,32H2,1-3H3,(H,33,37)/t25?,26?,31-/m0/s1. The van der Waals surface area contributed by atoms with Crippen LogP contribution >= 0.6 is 0 Å². The molecular formula is C31H40N4O3. The van der Waals surface area contributed by atoms with Crippen LogP contribution in [0.1, 0.15) is 55.7 Å². The zero-order valence-corrected chi connectivity index (χ0v) is 22.8. The summed E-state index contributed by atoms with van der Waals surface area (Å²) in [7, 11) is 1.86. The molecule has 3 aliphatic rings. The Morgan fingerprint density at radius 2 is 1.71 bits per heavy atom. The molecule has 2 saturated heterocycles. The number of likely N-dealkylation sites (tertiary alicyclic amines) is 2. The van der Waals surface area contributed by atoms with E-state index in [0.717, 1.165) is 31.2 Å². The number of hydrogen-bond acceptors (Lipinski definition) is 4. The van der Waals surface area contributed by atoms with Gasteiger partial charge in [0.15, 0.2) is 0 Å². The topological polar surface area (TPSA) is 95.7 Å². The van der Waals surface area contributed by atoms with Crippen molar-refractivity contribution < 1.29 is 14.4 Å². The number of hydrogen-bond donors (Lipinski definition) is 2. The molecule has 2 aromatic carbocycles. The number of carbonyl (C=O) groups excluding carboxylic acids is 3. The van der Waals surface area contributed by atoms with E-state index in [1.54, 1.807) is 13.8 Å². The fourth-order valence-electron chi connectivity index (χ4n) is 6.84. The van der Waals surface area contributed by atoms with Gasteiger partial charge in [-0.1, -0.05) is 54.6 Å². The summed E-state index contributed by atoms with van der Waals surface area (Å²) in [5, 5.41) is 3.00. The molecule has 2 fully saturated rings. The van der Waals surface area contributed by atoms with Gasteiger partial charge in [-0.15, -0.1) is 0 Å². The maximum atomic E-state index is 14.1. The second-order valence-electron chi connectivity index (χ2n) is 12.2. The van der Waals surface area contributed by atoms with Gasteiger partial charge in [-0.2, -0.15) is 0 Å². The Morgan fingerprint density at radius 3 is 2.34 bits per heavy atom. The van der Waals surface area contributed by atoms with Crippen LogP contribution in [-0.4, -0.2) is 65.8 Å². The van der Waals surface area contributed by atoms with Crippen LogP contribution in [0.2, 0.25) is 0 Å². The molecule has 7 nitrogen and oxygen atoms in total. The van der Waals surface area contributed by atoms with Crippen molar-refractivity contribution in [3.63, 3.8) is 0 Å². The smallest absolute Gasteiger partial charge is 0.245 e. The van der Waals surface area contributed by atoms with Crippen LogP contribution in [0.4, 0.5) is 0 Å². The van der Waals surface area contributed by atoms with Gasteiger partial charge in [-0.25, -0.2) is 0 Å². The summed E-state index contributed by atoms with van der Waals surface area (Å²) in [6, 6.07) is 17.9. The highest BCUT2D eigenvalue weighted by Gasteiger charge is 2.56. The summed E-state index contributed by atoms with van der Waals surface area (Å²) in [5.74, 6) is -0.0442. The van der Waals surface area contributed by atoms with Crippen LogP contribution in [0.3, 0.4) is 0 Å². The average molecular weight is 517 g/mol. The molecular weight excluding hydrogens is 476 g/mol. The molecule has 3 amide bonds. The molecule has 202 valence electrons. The van der Waals surface area contributed by atoms with Gasteiger partial charge in [0.2, 0.25) is 17.7 Å². The summed E-state index contributed by atoms with van der Waals surface area (Å²) < 4.78 is 0. The lowest BCUT2D eigenvalue weighted by Crippen LogP contribution is -2.59. The minimum Gasteiger partial charge on any atom is -0.345 e. The van der Waals surface area contributed by atoms with Gasteiger partial charge in [0.05, 0.1) is 11.0 Å². The molecule has 7 heteroatoms. The van der Waals surface area contributed by atoms with Gasteiger partial charge >= 0.3 is 0 Å². The van der Waals surface area contributed by atoms with E-state index >= 15 is 0 Å². The molecule has 0 aromatic heterocycles. The van der Waals surface area contributed by atoms with Crippen LogP contribution in [0.5, 0.6) is 0 Å². The second kappa shape index (κ2) is 10.2. The molecule has 0 bridgehead atoms. The molecule has 2 aromatic rings. The third-order valence-corrected chi connectivity index (χ3v) is 8.83. The van der Waals surface area contributed by atoms with Crippen LogP contribution in [0, 0.1) is 11.3 Å². The summed E-state index contributed by atoms with van der Waals surface area (Å²) in [4.78, 5) is 44.4. The molecule has 2 unspecified atom stereocenters. The normalized spacial score (nSPS) is 24.5. The number of amides is 3. The highest BCUT2D eigenvalue weighted by atomic mass is 16.2. The van der Waals surface area contributed by atoms with Crippen molar-refractivity contribution in [1.29, 1.82) is 0 Å². The maximum Gasteiger partial charge on any atom is 0.245 e. The van der Waals surface area contributed by atoms with Gasteiger partial charge in [0, 0.05) is 32.6 Å². The highest BCUT2D eigenvalue weighted by Crippen LogP contribution is 2.49. The third kappa shape index (κ3) is 4.96. The van der Waals surface area contributed by atoms with E-state index in [1.165, 1.54) is 11.1 Å². The highest BCUT2D eigenvalue weighted by molar-refractivity contribution is 5.92. The molecule has 5 rings (SSSR count). The van der Waals surface area contributed by atoms with Gasteiger partial charge in [0.25, 0.3) is 0 Å². The number of carbonyl (C=O) groups is 3. The minimum atomic E-state index is -1.09. The van der Waals surface area contributed by atoms with Crippen molar-refractivity contribution in [2.24, 2.45) is 17.1 Å². The SMILES string of the molecule is CN1CC(c2ccccc2)[C@@]2(CCCN(C(=O)C(CC3Cc4ccccc4C3)NC(=O)C(C)(C)N)C2)C1=O. The molecule has 0 saturated carbocycles. The van der Waals surface area contributed by atoms with E-state index in [4.69, 9.17) is 5.73 Å². The van der Waals surface area contributed by atoms with Crippen molar-refractivity contribution in [2.75, 3.05) is 26.7 Å². The van der Waals surface area contributed by atoms with Crippen molar-refractivity contribution >= 4 is 17.7 Å². The number of likely N-dealkylation sites (N-methyl/N-ethyl adjacent to an activating group) is 1. The van der Waals surface area contributed by atoms with E-state index in [-0.39, 0.29) is 29.6 Å². The lowest BCUT2D eigenvalue weighted by Gasteiger charge is -2.43. The van der Waals surface area contributed by atoms with Gasteiger partial charge < -0.3 is 20.9 Å². The summed E-state index contributed by atoms with van der Waals surface area (Å²) in [5.41, 5.74) is 8.14. The first-order chi connectivity index (χ1) is 18.1. The molecule has 1 spiro atoms. The lowest BCUT2D eigenvalue weighted by molar-refractivity contribution is -0.146. The van der Waals surface area contributed by atoms with E-state index < -0.39 is 17.0 Å². The number of fused-ring (bicyclic) bond motifs is 1. The molecule has 38 heavy (non-hydrogen) atoms.